The molecule has 0 spiro atoms. The van der Waals surface area contributed by atoms with Gasteiger partial charge in [0.15, 0.2) is 6.29 Å². The summed E-state index contributed by atoms with van der Waals surface area (Å²) in [4.78, 5) is 24.6. The van der Waals surface area contributed by atoms with Crippen LogP contribution < -0.4 is 0 Å². The highest BCUT2D eigenvalue weighted by Gasteiger charge is 2.15. The van der Waals surface area contributed by atoms with E-state index in [2.05, 4.69) is 4.98 Å². The molecule has 1 heterocycles. The zero-order valence-electron chi connectivity index (χ0n) is 8.18. The highest BCUT2D eigenvalue weighted by molar-refractivity contribution is 6.34. The molecule has 1 aromatic carbocycles. The molecular formula is C10H4Cl2N2O3. The number of hydrogen-bond donors (Lipinski definition) is 0. The van der Waals surface area contributed by atoms with Crippen LogP contribution in [0.5, 0.6) is 0 Å². The second-order valence-electron chi connectivity index (χ2n) is 3.24. The second-order valence-corrected chi connectivity index (χ2v) is 4.00. The van der Waals surface area contributed by atoms with Gasteiger partial charge in [-0.3, -0.25) is 14.9 Å². The van der Waals surface area contributed by atoms with Crippen molar-refractivity contribution in [2.24, 2.45) is 0 Å². The summed E-state index contributed by atoms with van der Waals surface area (Å²) >= 11 is 11.5. The van der Waals surface area contributed by atoms with E-state index < -0.39 is 4.92 Å². The minimum Gasteiger partial charge on any atom is -0.298 e. The van der Waals surface area contributed by atoms with Crippen molar-refractivity contribution >= 4 is 46.1 Å². The summed E-state index contributed by atoms with van der Waals surface area (Å²) in [5, 5.41) is 11.2. The Hall–Kier alpha value is -1.72. The Kier molecular flexibility index (Phi) is 2.95. The van der Waals surface area contributed by atoms with Gasteiger partial charge in [-0.15, -0.1) is 0 Å². The van der Waals surface area contributed by atoms with Crippen LogP contribution in [0.3, 0.4) is 0 Å². The van der Waals surface area contributed by atoms with Crippen LogP contribution in [0.1, 0.15) is 10.4 Å². The van der Waals surface area contributed by atoms with Crippen LogP contribution >= 0.6 is 23.2 Å². The number of rotatable bonds is 2. The van der Waals surface area contributed by atoms with Crippen LogP contribution in [0.4, 0.5) is 5.69 Å². The molecule has 86 valence electrons. The summed E-state index contributed by atoms with van der Waals surface area (Å²) < 4.78 is 0. The van der Waals surface area contributed by atoms with Gasteiger partial charge in [-0.05, 0) is 12.1 Å². The van der Waals surface area contributed by atoms with Gasteiger partial charge in [-0.25, -0.2) is 4.98 Å². The average Bonchev–Trinajstić information content (AvgIpc) is 2.27. The first-order valence-electron chi connectivity index (χ1n) is 4.42. The average molecular weight is 271 g/mol. The van der Waals surface area contributed by atoms with E-state index in [9.17, 15) is 14.9 Å². The molecule has 5 nitrogen and oxygen atoms in total. The van der Waals surface area contributed by atoms with E-state index in [4.69, 9.17) is 23.2 Å². The van der Waals surface area contributed by atoms with Gasteiger partial charge in [-0.2, -0.15) is 0 Å². The van der Waals surface area contributed by atoms with Gasteiger partial charge in [0, 0.05) is 11.5 Å². The molecule has 7 heteroatoms. The van der Waals surface area contributed by atoms with Gasteiger partial charge >= 0.3 is 0 Å². The molecule has 1 aromatic heterocycles. The Bertz CT molecular complexity index is 643. The van der Waals surface area contributed by atoms with Gasteiger partial charge in [0.2, 0.25) is 0 Å². The molecule has 0 saturated carbocycles. The maximum Gasteiger partial charge on any atom is 0.290 e. The molecule has 0 bridgehead atoms. The first-order chi connectivity index (χ1) is 8.02. The summed E-state index contributed by atoms with van der Waals surface area (Å²) in [6.45, 7) is 0. The second kappa shape index (κ2) is 4.27. The van der Waals surface area contributed by atoms with Crippen molar-refractivity contribution in [1.29, 1.82) is 0 Å². The van der Waals surface area contributed by atoms with Crippen LogP contribution in [0.25, 0.3) is 10.9 Å². The lowest BCUT2D eigenvalue weighted by molar-refractivity contribution is -0.384. The summed E-state index contributed by atoms with van der Waals surface area (Å²) in [6, 6.07) is 4.08. The molecule has 2 aromatic rings. The Labute approximate surface area is 105 Å². The highest BCUT2D eigenvalue weighted by Crippen LogP contribution is 2.30. The van der Waals surface area contributed by atoms with E-state index in [0.29, 0.717) is 17.2 Å². The molecule has 0 fully saturated rings. The number of hydrogen-bond acceptors (Lipinski definition) is 4. The number of carbonyl (C=O) groups excluding carboxylic acids is 1. The maximum atomic E-state index is 10.7. The Balaban J connectivity index is 2.79. The fraction of sp³-hybridized carbons (Fsp3) is 0. The Morgan fingerprint density at radius 1 is 1.29 bits per heavy atom. The summed E-state index contributed by atoms with van der Waals surface area (Å²) in [7, 11) is 0. The monoisotopic (exact) mass is 270 g/mol. The van der Waals surface area contributed by atoms with Gasteiger partial charge < -0.3 is 0 Å². The van der Waals surface area contributed by atoms with Crippen molar-refractivity contribution in [2.45, 2.75) is 0 Å². The summed E-state index contributed by atoms with van der Waals surface area (Å²) in [5.41, 5.74) is 0.280. The third-order valence-electron chi connectivity index (χ3n) is 2.19. The molecule has 0 saturated heterocycles. The van der Waals surface area contributed by atoms with Crippen molar-refractivity contribution in [1.82, 2.24) is 4.98 Å². The number of nitrogens with zero attached hydrogens (tertiary/aromatic N) is 2. The lowest BCUT2D eigenvalue weighted by Crippen LogP contribution is -1.92. The number of aromatic nitrogens is 1. The number of aldehydes is 1. The van der Waals surface area contributed by atoms with Crippen molar-refractivity contribution in [3.8, 4) is 0 Å². The van der Waals surface area contributed by atoms with E-state index in [0.717, 1.165) is 0 Å². The van der Waals surface area contributed by atoms with Gasteiger partial charge in [0.05, 0.1) is 16.0 Å². The van der Waals surface area contributed by atoms with Crippen molar-refractivity contribution in [2.75, 3.05) is 0 Å². The summed E-state index contributed by atoms with van der Waals surface area (Å²) in [5.74, 6) is 0. The molecule has 0 aliphatic carbocycles. The number of halogens is 2. The molecule has 0 amide bonds. The number of carbonyl (C=O) groups is 1. The number of benzene rings is 1. The van der Waals surface area contributed by atoms with E-state index in [1.807, 2.05) is 0 Å². The fourth-order valence-electron chi connectivity index (χ4n) is 1.40. The number of pyridine rings is 1. The number of fused-ring (bicyclic) bond motifs is 1. The molecule has 0 atom stereocenters. The van der Waals surface area contributed by atoms with E-state index in [1.165, 1.54) is 18.2 Å². The SMILES string of the molecule is O=Cc1cc2cc(Cl)c([N+](=O)[O-])cc2nc1Cl. The zero-order valence-corrected chi connectivity index (χ0v) is 9.70. The largest absolute Gasteiger partial charge is 0.298 e. The predicted octanol–water partition coefficient (Wildman–Crippen LogP) is 3.26. The van der Waals surface area contributed by atoms with E-state index >= 15 is 0 Å². The molecule has 0 radical (unpaired) electrons. The lowest BCUT2D eigenvalue weighted by Gasteiger charge is -2.02. The van der Waals surface area contributed by atoms with Crippen LogP contribution in [0.15, 0.2) is 18.2 Å². The van der Waals surface area contributed by atoms with Crippen molar-refractivity contribution in [3.63, 3.8) is 0 Å². The minimum atomic E-state index is -0.606. The fourth-order valence-corrected chi connectivity index (χ4v) is 1.83. The predicted molar refractivity (Wildman–Crippen MR) is 63.8 cm³/mol. The van der Waals surface area contributed by atoms with Crippen LogP contribution in [-0.4, -0.2) is 16.2 Å². The van der Waals surface area contributed by atoms with Crippen LogP contribution in [-0.2, 0) is 0 Å². The number of nitro benzene ring substituents is 1. The molecule has 0 N–H and O–H groups in total. The first-order valence-corrected chi connectivity index (χ1v) is 5.18. The quantitative estimate of drug-likeness (QED) is 0.363. The molecule has 17 heavy (non-hydrogen) atoms. The highest BCUT2D eigenvalue weighted by atomic mass is 35.5. The third kappa shape index (κ3) is 2.07. The van der Waals surface area contributed by atoms with Crippen LogP contribution in [0, 0.1) is 10.1 Å². The molecule has 0 aliphatic heterocycles. The lowest BCUT2D eigenvalue weighted by atomic mass is 10.1. The van der Waals surface area contributed by atoms with Gasteiger partial charge in [0.25, 0.3) is 5.69 Å². The van der Waals surface area contributed by atoms with Gasteiger partial charge in [0.1, 0.15) is 10.2 Å². The molecule has 0 aliphatic rings. The van der Waals surface area contributed by atoms with Gasteiger partial charge in [-0.1, -0.05) is 23.2 Å². The van der Waals surface area contributed by atoms with E-state index in [1.54, 1.807) is 0 Å². The summed E-state index contributed by atoms with van der Waals surface area (Å²) in [6.07, 6.45) is 0.560. The molecular weight excluding hydrogens is 267 g/mol. The van der Waals surface area contributed by atoms with Crippen molar-refractivity contribution in [3.05, 3.63) is 44.1 Å². The standard InChI is InChI=1S/C10H4Cl2N2O3/c11-7-2-5-1-6(4-15)10(12)13-8(5)3-9(7)14(16)17/h1-4H. The third-order valence-corrected chi connectivity index (χ3v) is 2.79. The van der Waals surface area contributed by atoms with E-state index in [-0.39, 0.29) is 21.4 Å². The molecule has 0 unspecified atom stereocenters. The first kappa shape index (κ1) is 11.8. The molecule has 2 rings (SSSR count). The maximum absolute atomic E-state index is 10.7. The minimum absolute atomic E-state index is 0.00382. The zero-order chi connectivity index (χ0) is 12.6. The Morgan fingerprint density at radius 2 is 2.00 bits per heavy atom. The van der Waals surface area contributed by atoms with Crippen molar-refractivity contribution < 1.29 is 9.72 Å². The number of nitro groups is 1. The smallest absolute Gasteiger partial charge is 0.290 e. The van der Waals surface area contributed by atoms with Crippen LogP contribution in [0.2, 0.25) is 10.2 Å². The Morgan fingerprint density at radius 3 is 2.59 bits per heavy atom. The topological polar surface area (TPSA) is 73.1 Å². The normalized spacial score (nSPS) is 10.5.